The number of esters is 1. The largest absolute Gasteiger partial charge is 0.465 e. The van der Waals surface area contributed by atoms with Gasteiger partial charge in [-0.05, 0) is 30.5 Å². The summed E-state index contributed by atoms with van der Waals surface area (Å²) in [5.41, 5.74) is 1.47. The van der Waals surface area contributed by atoms with Crippen molar-refractivity contribution in [3.05, 3.63) is 41.0 Å². The molecule has 1 aromatic heterocycles. The maximum atomic E-state index is 13.3. The third kappa shape index (κ3) is 5.40. The smallest absolute Gasteiger partial charge is 0.341 e. The molecule has 10 heteroatoms. The van der Waals surface area contributed by atoms with Gasteiger partial charge in [-0.2, -0.15) is 0 Å². The first kappa shape index (κ1) is 23.3. The summed E-state index contributed by atoms with van der Waals surface area (Å²) in [6, 6.07) is 5.78. The first-order valence-corrected chi connectivity index (χ1v) is 11.7. The Morgan fingerprint density at radius 2 is 1.91 bits per heavy atom. The van der Waals surface area contributed by atoms with Gasteiger partial charge in [-0.3, -0.25) is 14.5 Å². The van der Waals surface area contributed by atoms with Crippen LogP contribution in [0.25, 0.3) is 11.1 Å². The van der Waals surface area contributed by atoms with E-state index in [9.17, 15) is 18.8 Å². The van der Waals surface area contributed by atoms with Crippen LogP contribution in [0, 0.1) is 5.82 Å². The lowest BCUT2D eigenvalue weighted by atomic mass is 10.0. The van der Waals surface area contributed by atoms with Crippen LogP contribution < -0.4 is 5.32 Å². The molecule has 8 nitrogen and oxygen atoms in total. The van der Waals surface area contributed by atoms with Gasteiger partial charge in [0.1, 0.15) is 22.5 Å². The molecule has 2 aromatic rings. The molecule has 33 heavy (non-hydrogen) atoms. The second-order valence-corrected chi connectivity index (χ2v) is 8.88. The summed E-state index contributed by atoms with van der Waals surface area (Å²) >= 11 is 1.22. The van der Waals surface area contributed by atoms with Crippen LogP contribution in [0.5, 0.6) is 0 Å². The molecule has 2 aliphatic rings. The molecule has 2 saturated heterocycles. The molecule has 3 heterocycles. The van der Waals surface area contributed by atoms with Crippen LogP contribution in [0.1, 0.15) is 23.2 Å². The van der Waals surface area contributed by atoms with Gasteiger partial charge in [0, 0.05) is 43.7 Å². The van der Waals surface area contributed by atoms with E-state index in [1.807, 2.05) is 4.90 Å². The highest BCUT2D eigenvalue weighted by molar-refractivity contribution is 7.15. The summed E-state index contributed by atoms with van der Waals surface area (Å²) in [5, 5.41) is 4.94. The Bertz CT molecular complexity index is 1010. The van der Waals surface area contributed by atoms with Gasteiger partial charge in [0.25, 0.3) is 5.91 Å². The number of anilines is 1. The van der Waals surface area contributed by atoms with E-state index in [1.165, 1.54) is 30.6 Å². The molecule has 1 unspecified atom stereocenters. The Balaban J connectivity index is 1.37. The summed E-state index contributed by atoms with van der Waals surface area (Å²) in [6.07, 6.45) is 1.35. The Labute approximate surface area is 195 Å². The molecular formula is C23H26FN3O5S. The van der Waals surface area contributed by atoms with Crippen LogP contribution in [-0.4, -0.2) is 80.1 Å². The minimum atomic E-state index is -0.577. The molecule has 1 atom stereocenters. The number of amides is 2. The number of carbonyl (C=O) groups is 3. The van der Waals surface area contributed by atoms with Gasteiger partial charge >= 0.3 is 5.97 Å². The molecule has 176 valence electrons. The number of hydrogen-bond donors (Lipinski definition) is 1. The van der Waals surface area contributed by atoms with Crippen molar-refractivity contribution in [2.24, 2.45) is 0 Å². The lowest BCUT2D eigenvalue weighted by Crippen LogP contribution is -2.52. The van der Waals surface area contributed by atoms with Gasteiger partial charge < -0.3 is 19.7 Å². The number of ether oxygens (including phenoxy) is 2. The summed E-state index contributed by atoms with van der Waals surface area (Å²) < 4.78 is 23.7. The van der Waals surface area contributed by atoms with Crippen molar-refractivity contribution in [2.75, 3.05) is 51.8 Å². The van der Waals surface area contributed by atoms with Crippen molar-refractivity contribution >= 4 is 34.1 Å². The molecule has 0 aliphatic carbocycles. The first-order chi connectivity index (χ1) is 16.0. The molecule has 2 fully saturated rings. The zero-order chi connectivity index (χ0) is 23.4. The highest BCUT2D eigenvalue weighted by atomic mass is 32.1. The molecular weight excluding hydrogens is 449 g/mol. The molecule has 0 radical (unpaired) electrons. The van der Waals surface area contributed by atoms with Crippen molar-refractivity contribution in [3.63, 3.8) is 0 Å². The number of rotatable bonds is 6. The van der Waals surface area contributed by atoms with Gasteiger partial charge in [0.05, 0.1) is 13.7 Å². The number of methoxy groups -OCH3 is 1. The summed E-state index contributed by atoms with van der Waals surface area (Å²) in [6.45, 7) is 3.05. The van der Waals surface area contributed by atoms with Gasteiger partial charge in [-0.1, -0.05) is 12.1 Å². The quantitative estimate of drug-likeness (QED) is 0.647. The van der Waals surface area contributed by atoms with Crippen LogP contribution in [0.4, 0.5) is 9.39 Å². The SMILES string of the molecule is COC(=O)c1c(-c2ccc(F)cc2)csc1NC(=O)CN1CCN(C(=O)C2CCCO2)CC1. The number of nitrogens with zero attached hydrogens (tertiary/aromatic N) is 2. The predicted molar refractivity (Wildman–Crippen MR) is 122 cm³/mol. The zero-order valence-corrected chi connectivity index (χ0v) is 19.2. The van der Waals surface area contributed by atoms with Crippen LogP contribution in [0.15, 0.2) is 29.6 Å². The Morgan fingerprint density at radius 3 is 2.55 bits per heavy atom. The maximum absolute atomic E-state index is 13.3. The van der Waals surface area contributed by atoms with Crippen LogP contribution in [0.3, 0.4) is 0 Å². The third-order valence-electron chi connectivity index (χ3n) is 5.85. The van der Waals surface area contributed by atoms with Crippen molar-refractivity contribution in [3.8, 4) is 11.1 Å². The fraction of sp³-hybridized carbons (Fsp3) is 0.435. The minimum Gasteiger partial charge on any atom is -0.465 e. The van der Waals surface area contributed by atoms with E-state index in [0.29, 0.717) is 48.9 Å². The third-order valence-corrected chi connectivity index (χ3v) is 6.74. The molecule has 0 saturated carbocycles. The van der Waals surface area contributed by atoms with Crippen molar-refractivity contribution < 1.29 is 28.2 Å². The standard InChI is InChI=1S/C23H26FN3O5S/c1-31-23(30)20-17(15-4-6-16(24)7-5-15)14-33-21(20)25-19(28)13-26-8-10-27(11-9-26)22(29)18-3-2-12-32-18/h4-7,14,18H,2-3,8-13H2,1H3,(H,25,28). The minimum absolute atomic E-state index is 0.0335. The van der Waals surface area contributed by atoms with E-state index in [0.717, 1.165) is 12.8 Å². The fourth-order valence-electron chi connectivity index (χ4n) is 4.07. The summed E-state index contributed by atoms with van der Waals surface area (Å²) in [7, 11) is 1.28. The van der Waals surface area contributed by atoms with Crippen molar-refractivity contribution in [1.29, 1.82) is 0 Å². The van der Waals surface area contributed by atoms with E-state index in [1.54, 1.807) is 22.4 Å². The van der Waals surface area contributed by atoms with Crippen LogP contribution in [0.2, 0.25) is 0 Å². The molecule has 2 aliphatic heterocycles. The van der Waals surface area contributed by atoms with E-state index in [2.05, 4.69) is 5.32 Å². The van der Waals surface area contributed by atoms with E-state index in [-0.39, 0.29) is 35.8 Å². The number of halogens is 1. The topological polar surface area (TPSA) is 88.2 Å². The number of thiophene rings is 1. The Morgan fingerprint density at radius 1 is 1.18 bits per heavy atom. The average Bonchev–Trinajstić information content (AvgIpc) is 3.50. The highest BCUT2D eigenvalue weighted by Gasteiger charge is 2.31. The monoisotopic (exact) mass is 475 g/mol. The normalized spacial score (nSPS) is 18.8. The van der Waals surface area contributed by atoms with Crippen LogP contribution in [-0.2, 0) is 19.1 Å². The van der Waals surface area contributed by atoms with Crippen LogP contribution >= 0.6 is 11.3 Å². The number of benzene rings is 1. The fourth-order valence-corrected chi connectivity index (χ4v) is 5.04. The Hall–Kier alpha value is -2.82. The lowest BCUT2D eigenvalue weighted by molar-refractivity contribution is -0.142. The number of carbonyl (C=O) groups excluding carboxylic acids is 3. The van der Waals surface area contributed by atoms with Crippen molar-refractivity contribution in [1.82, 2.24) is 9.80 Å². The van der Waals surface area contributed by atoms with Gasteiger partial charge in [0.2, 0.25) is 5.91 Å². The van der Waals surface area contributed by atoms with Crippen molar-refractivity contribution in [2.45, 2.75) is 18.9 Å². The lowest BCUT2D eigenvalue weighted by Gasteiger charge is -2.35. The average molecular weight is 476 g/mol. The Kier molecular flexibility index (Phi) is 7.36. The highest BCUT2D eigenvalue weighted by Crippen LogP contribution is 2.36. The zero-order valence-electron chi connectivity index (χ0n) is 18.3. The molecule has 4 rings (SSSR count). The van der Waals surface area contributed by atoms with Gasteiger partial charge in [-0.15, -0.1) is 11.3 Å². The molecule has 1 N–H and O–H groups in total. The molecule has 2 amide bonds. The second-order valence-electron chi connectivity index (χ2n) is 8.00. The van der Waals surface area contributed by atoms with Gasteiger partial charge in [0.15, 0.2) is 0 Å². The molecule has 0 spiro atoms. The summed E-state index contributed by atoms with van der Waals surface area (Å²) in [5.74, 6) is -1.18. The first-order valence-electron chi connectivity index (χ1n) is 10.8. The maximum Gasteiger partial charge on any atom is 0.341 e. The predicted octanol–water partition coefficient (Wildman–Crippen LogP) is 2.60. The van der Waals surface area contributed by atoms with E-state index < -0.39 is 5.97 Å². The number of hydrogen-bond acceptors (Lipinski definition) is 7. The van der Waals surface area contributed by atoms with E-state index >= 15 is 0 Å². The molecule has 0 bridgehead atoms. The summed E-state index contributed by atoms with van der Waals surface area (Å²) in [4.78, 5) is 41.4. The number of piperazine rings is 1. The van der Waals surface area contributed by atoms with E-state index in [4.69, 9.17) is 9.47 Å². The molecule has 1 aromatic carbocycles. The second kappa shape index (κ2) is 10.4. The number of nitrogens with one attached hydrogen (secondary N) is 1. The van der Waals surface area contributed by atoms with Gasteiger partial charge in [-0.25, -0.2) is 9.18 Å².